The Labute approximate surface area is 117 Å². The van der Waals surface area contributed by atoms with E-state index in [-0.39, 0.29) is 29.2 Å². The molecule has 1 amide bonds. The second kappa shape index (κ2) is 6.36. The van der Waals surface area contributed by atoms with Crippen LogP contribution in [0.1, 0.15) is 30.3 Å². The maximum atomic E-state index is 12.3. The number of aromatic nitrogens is 1. The van der Waals surface area contributed by atoms with Gasteiger partial charge in [-0.05, 0) is 31.9 Å². The predicted molar refractivity (Wildman–Crippen MR) is 71.2 cm³/mol. The van der Waals surface area contributed by atoms with Gasteiger partial charge < -0.3 is 14.7 Å². The van der Waals surface area contributed by atoms with E-state index in [1.54, 1.807) is 17.9 Å². The van der Waals surface area contributed by atoms with Crippen molar-refractivity contribution in [2.45, 2.75) is 19.8 Å². The van der Waals surface area contributed by atoms with Gasteiger partial charge in [0.25, 0.3) is 5.91 Å². The molecule has 1 atom stereocenters. The summed E-state index contributed by atoms with van der Waals surface area (Å²) in [5.74, 6) is -1.05. The molecule has 0 unspecified atom stereocenters. The number of rotatable bonds is 3. The number of hydrogen-bond acceptors (Lipinski definition) is 5. The summed E-state index contributed by atoms with van der Waals surface area (Å²) in [5, 5.41) is 9.67. The van der Waals surface area contributed by atoms with Crippen LogP contribution in [0.15, 0.2) is 18.3 Å². The molecule has 2 rings (SSSR count). The number of amides is 1. The molecule has 0 saturated carbocycles. The Morgan fingerprint density at radius 3 is 3.05 bits per heavy atom. The van der Waals surface area contributed by atoms with Crippen LogP contribution >= 0.6 is 0 Å². The predicted octanol–water partition coefficient (Wildman–Crippen LogP) is 1.20. The number of carbonyl (C=O) groups excluding carboxylic acids is 2. The van der Waals surface area contributed by atoms with Crippen LogP contribution in [0.3, 0.4) is 0 Å². The van der Waals surface area contributed by atoms with Gasteiger partial charge in [-0.25, -0.2) is 4.98 Å². The molecule has 6 nitrogen and oxygen atoms in total. The monoisotopic (exact) mass is 278 g/mol. The number of piperidine rings is 1. The van der Waals surface area contributed by atoms with E-state index in [1.807, 2.05) is 0 Å². The van der Waals surface area contributed by atoms with Crippen LogP contribution in [0.25, 0.3) is 0 Å². The molecule has 0 spiro atoms. The minimum absolute atomic E-state index is 0.0250. The van der Waals surface area contributed by atoms with E-state index in [1.165, 1.54) is 12.3 Å². The fourth-order valence-electron chi connectivity index (χ4n) is 2.33. The lowest BCUT2D eigenvalue weighted by Gasteiger charge is -2.31. The number of pyridine rings is 1. The average Bonchev–Trinajstić information content (AvgIpc) is 2.47. The molecule has 1 aromatic heterocycles. The van der Waals surface area contributed by atoms with E-state index < -0.39 is 0 Å². The maximum Gasteiger partial charge on any atom is 0.310 e. The van der Waals surface area contributed by atoms with Gasteiger partial charge in [-0.2, -0.15) is 0 Å². The number of nitrogens with zero attached hydrogens (tertiary/aromatic N) is 2. The molecule has 1 aliphatic rings. The topological polar surface area (TPSA) is 79.7 Å². The summed E-state index contributed by atoms with van der Waals surface area (Å²) in [6, 6.07) is 2.98. The fraction of sp³-hybridized carbons (Fsp3) is 0.500. The van der Waals surface area contributed by atoms with Crippen molar-refractivity contribution in [1.29, 1.82) is 0 Å². The number of hydrogen-bond donors (Lipinski definition) is 1. The largest absolute Gasteiger partial charge is 0.505 e. The quantitative estimate of drug-likeness (QED) is 0.840. The van der Waals surface area contributed by atoms with Crippen molar-refractivity contribution in [3.05, 3.63) is 24.0 Å². The molecule has 6 heteroatoms. The van der Waals surface area contributed by atoms with E-state index in [0.29, 0.717) is 19.7 Å². The smallest absolute Gasteiger partial charge is 0.310 e. The van der Waals surface area contributed by atoms with E-state index in [2.05, 4.69) is 4.98 Å². The molecule has 1 N–H and O–H groups in total. The summed E-state index contributed by atoms with van der Waals surface area (Å²) in [5.41, 5.74) is 0.0250. The molecule has 0 aliphatic carbocycles. The fourth-order valence-corrected chi connectivity index (χ4v) is 2.33. The zero-order valence-corrected chi connectivity index (χ0v) is 11.4. The number of carbonyl (C=O) groups is 2. The second-order valence-electron chi connectivity index (χ2n) is 4.71. The summed E-state index contributed by atoms with van der Waals surface area (Å²) < 4.78 is 5.00. The van der Waals surface area contributed by atoms with Crippen molar-refractivity contribution < 1.29 is 19.4 Å². The molecule has 0 radical (unpaired) electrons. The Balaban J connectivity index is 2.07. The molecule has 1 aliphatic heterocycles. The minimum Gasteiger partial charge on any atom is -0.505 e. The molecular formula is C14H18N2O4. The summed E-state index contributed by atoms with van der Waals surface area (Å²) in [6.07, 6.45) is 2.92. The van der Waals surface area contributed by atoms with Crippen LogP contribution < -0.4 is 0 Å². The molecule has 0 aromatic carbocycles. The minimum atomic E-state index is -0.350. The Morgan fingerprint density at radius 2 is 2.35 bits per heavy atom. The van der Waals surface area contributed by atoms with Gasteiger partial charge in [0.2, 0.25) is 0 Å². The Kier molecular flexibility index (Phi) is 4.55. The number of aromatic hydroxyl groups is 1. The Morgan fingerprint density at radius 1 is 1.55 bits per heavy atom. The first-order valence-corrected chi connectivity index (χ1v) is 6.73. The lowest BCUT2D eigenvalue weighted by atomic mass is 9.98. The molecule has 1 aromatic rings. The van der Waals surface area contributed by atoms with Gasteiger partial charge in [-0.1, -0.05) is 0 Å². The maximum absolute atomic E-state index is 12.3. The van der Waals surface area contributed by atoms with Gasteiger partial charge in [0.15, 0.2) is 5.69 Å². The number of esters is 1. The second-order valence-corrected chi connectivity index (χ2v) is 4.71. The van der Waals surface area contributed by atoms with Crippen molar-refractivity contribution in [2.24, 2.45) is 5.92 Å². The Bertz CT molecular complexity index is 504. The van der Waals surface area contributed by atoms with Crippen molar-refractivity contribution in [1.82, 2.24) is 9.88 Å². The first kappa shape index (κ1) is 14.3. The average molecular weight is 278 g/mol. The number of likely N-dealkylation sites (tertiary alicyclic amines) is 1. The lowest BCUT2D eigenvalue weighted by Crippen LogP contribution is -2.43. The van der Waals surface area contributed by atoms with Gasteiger partial charge >= 0.3 is 5.97 Å². The summed E-state index contributed by atoms with van der Waals surface area (Å²) in [7, 11) is 0. The highest BCUT2D eigenvalue weighted by atomic mass is 16.5. The van der Waals surface area contributed by atoms with Crippen molar-refractivity contribution in [2.75, 3.05) is 19.7 Å². The van der Waals surface area contributed by atoms with Gasteiger partial charge in [-0.15, -0.1) is 0 Å². The van der Waals surface area contributed by atoms with Gasteiger partial charge in [-0.3, -0.25) is 9.59 Å². The van der Waals surface area contributed by atoms with Crippen LogP contribution in [0, 0.1) is 5.92 Å². The van der Waals surface area contributed by atoms with E-state index >= 15 is 0 Å². The molecule has 1 saturated heterocycles. The third-order valence-electron chi connectivity index (χ3n) is 3.32. The number of ether oxygens (including phenoxy) is 1. The normalized spacial score (nSPS) is 18.6. The van der Waals surface area contributed by atoms with Crippen LogP contribution in [0.5, 0.6) is 5.75 Å². The van der Waals surface area contributed by atoms with Crippen molar-refractivity contribution in [3.8, 4) is 5.75 Å². The van der Waals surface area contributed by atoms with Crippen molar-refractivity contribution >= 4 is 11.9 Å². The van der Waals surface area contributed by atoms with Crippen LogP contribution in [0.4, 0.5) is 0 Å². The highest BCUT2D eigenvalue weighted by Gasteiger charge is 2.31. The highest BCUT2D eigenvalue weighted by molar-refractivity contribution is 5.95. The molecular weight excluding hydrogens is 260 g/mol. The zero-order chi connectivity index (χ0) is 14.5. The lowest BCUT2D eigenvalue weighted by molar-refractivity contribution is -0.149. The van der Waals surface area contributed by atoms with Crippen LogP contribution in [0.2, 0.25) is 0 Å². The van der Waals surface area contributed by atoms with Crippen LogP contribution in [-0.2, 0) is 9.53 Å². The van der Waals surface area contributed by atoms with Crippen LogP contribution in [-0.4, -0.2) is 46.6 Å². The van der Waals surface area contributed by atoms with Gasteiger partial charge in [0.1, 0.15) is 5.75 Å². The van der Waals surface area contributed by atoms with E-state index in [4.69, 9.17) is 4.74 Å². The molecule has 2 heterocycles. The molecule has 20 heavy (non-hydrogen) atoms. The highest BCUT2D eigenvalue weighted by Crippen LogP contribution is 2.22. The third-order valence-corrected chi connectivity index (χ3v) is 3.32. The molecule has 0 bridgehead atoms. The van der Waals surface area contributed by atoms with Gasteiger partial charge in [0, 0.05) is 19.3 Å². The Hall–Kier alpha value is -2.11. The SMILES string of the molecule is CCOC(=O)[C@H]1CCCN(C(=O)c2ncccc2O)C1. The summed E-state index contributed by atoms with van der Waals surface area (Å²) >= 11 is 0. The first-order chi connectivity index (χ1) is 9.63. The zero-order valence-electron chi connectivity index (χ0n) is 11.4. The van der Waals surface area contributed by atoms with E-state index in [0.717, 1.165) is 12.8 Å². The van der Waals surface area contributed by atoms with E-state index in [9.17, 15) is 14.7 Å². The summed E-state index contributed by atoms with van der Waals surface area (Å²) in [4.78, 5) is 29.5. The molecule has 108 valence electrons. The third kappa shape index (κ3) is 3.07. The van der Waals surface area contributed by atoms with Crippen molar-refractivity contribution in [3.63, 3.8) is 0 Å². The first-order valence-electron chi connectivity index (χ1n) is 6.73. The summed E-state index contributed by atoms with van der Waals surface area (Å²) in [6.45, 7) is 2.97. The standard InChI is InChI=1S/C14H18N2O4/c1-2-20-14(19)10-5-4-8-16(9-10)13(18)12-11(17)6-3-7-15-12/h3,6-7,10,17H,2,4-5,8-9H2,1H3/t10-/m0/s1. The molecule has 1 fully saturated rings. The van der Waals surface area contributed by atoms with Gasteiger partial charge in [0.05, 0.1) is 12.5 Å².